The molecule has 1 aliphatic heterocycles. The SMILES string of the molecule is CS(=O)(=O)CC[C@H](NC(=O)c1coc(CN2CCOCC2)c1)C(=O)O. The number of sulfone groups is 1. The summed E-state index contributed by atoms with van der Waals surface area (Å²) in [6, 6.07) is 0.278. The van der Waals surface area contributed by atoms with Gasteiger partial charge < -0.3 is 19.6 Å². The number of ether oxygens (including phenoxy) is 1. The minimum Gasteiger partial charge on any atom is -0.480 e. The van der Waals surface area contributed by atoms with Crippen LogP contribution in [0.1, 0.15) is 22.5 Å². The Kier molecular flexibility index (Phi) is 6.57. The van der Waals surface area contributed by atoms with Crippen LogP contribution < -0.4 is 5.32 Å². The van der Waals surface area contributed by atoms with Gasteiger partial charge in [-0.05, 0) is 12.5 Å². The standard InChI is InChI=1S/C15H22N2O7S/c1-25(21,22)7-2-13(15(19)20)16-14(18)11-8-12(24-10-11)9-17-3-5-23-6-4-17/h8,10,13H,2-7,9H2,1H3,(H,16,18)(H,19,20)/t13-/m0/s1. The molecule has 0 aromatic carbocycles. The molecule has 0 spiro atoms. The summed E-state index contributed by atoms with van der Waals surface area (Å²) in [4.78, 5) is 25.5. The van der Waals surface area contributed by atoms with Crippen molar-refractivity contribution in [2.75, 3.05) is 38.3 Å². The van der Waals surface area contributed by atoms with Crippen molar-refractivity contribution in [1.29, 1.82) is 0 Å². The number of carbonyl (C=O) groups excluding carboxylic acids is 1. The lowest BCUT2D eigenvalue weighted by atomic mass is 10.2. The molecule has 1 aliphatic rings. The van der Waals surface area contributed by atoms with Crippen molar-refractivity contribution in [3.05, 3.63) is 23.7 Å². The molecule has 0 unspecified atom stereocenters. The maximum absolute atomic E-state index is 12.2. The molecule has 140 valence electrons. The highest BCUT2D eigenvalue weighted by Crippen LogP contribution is 2.12. The fourth-order valence-corrected chi connectivity index (χ4v) is 3.06. The van der Waals surface area contributed by atoms with Gasteiger partial charge in [-0.25, -0.2) is 13.2 Å². The second kappa shape index (κ2) is 8.45. The molecule has 1 fully saturated rings. The summed E-state index contributed by atoms with van der Waals surface area (Å²) in [5, 5.41) is 11.5. The van der Waals surface area contributed by atoms with E-state index in [9.17, 15) is 18.0 Å². The lowest BCUT2D eigenvalue weighted by molar-refractivity contribution is -0.139. The fourth-order valence-electron chi connectivity index (χ4n) is 2.39. The van der Waals surface area contributed by atoms with E-state index < -0.39 is 27.8 Å². The van der Waals surface area contributed by atoms with Gasteiger partial charge in [0.05, 0.1) is 31.1 Å². The fraction of sp³-hybridized carbons (Fsp3) is 0.600. The molecule has 25 heavy (non-hydrogen) atoms. The first-order valence-electron chi connectivity index (χ1n) is 7.83. The maximum Gasteiger partial charge on any atom is 0.326 e. The van der Waals surface area contributed by atoms with Crippen molar-refractivity contribution in [2.45, 2.75) is 19.0 Å². The van der Waals surface area contributed by atoms with E-state index in [2.05, 4.69) is 10.2 Å². The average molecular weight is 374 g/mol. The summed E-state index contributed by atoms with van der Waals surface area (Å²) in [5.41, 5.74) is 0.203. The van der Waals surface area contributed by atoms with Gasteiger partial charge in [0.2, 0.25) is 0 Å². The number of rotatable bonds is 8. The Morgan fingerprint density at radius 1 is 1.36 bits per heavy atom. The molecule has 1 atom stereocenters. The number of carboxylic acid groups (broad SMARTS) is 1. The van der Waals surface area contributed by atoms with Crippen LogP contribution in [0.3, 0.4) is 0 Å². The van der Waals surface area contributed by atoms with E-state index in [4.69, 9.17) is 14.3 Å². The number of nitrogens with one attached hydrogen (secondary N) is 1. The lowest BCUT2D eigenvalue weighted by Gasteiger charge is -2.25. The Labute approximate surface area is 145 Å². The molecule has 1 saturated heterocycles. The number of carbonyl (C=O) groups is 2. The minimum atomic E-state index is -3.31. The molecule has 0 radical (unpaired) electrons. The number of nitrogens with zero attached hydrogens (tertiary/aromatic N) is 1. The van der Waals surface area contributed by atoms with Gasteiger partial charge in [0.15, 0.2) is 0 Å². The highest BCUT2D eigenvalue weighted by molar-refractivity contribution is 7.90. The zero-order chi connectivity index (χ0) is 18.4. The quantitative estimate of drug-likeness (QED) is 0.637. The van der Waals surface area contributed by atoms with Crippen LogP contribution in [0.15, 0.2) is 16.7 Å². The van der Waals surface area contributed by atoms with Crippen molar-refractivity contribution in [3.63, 3.8) is 0 Å². The molecular weight excluding hydrogens is 352 g/mol. The molecule has 1 aromatic rings. The van der Waals surface area contributed by atoms with Gasteiger partial charge in [0.25, 0.3) is 5.91 Å². The minimum absolute atomic E-state index is 0.196. The summed E-state index contributed by atoms with van der Waals surface area (Å²) in [6.45, 7) is 3.38. The van der Waals surface area contributed by atoms with Crippen LogP contribution >= 0.6 is 0 Å². The first kappa shape index (κ1) is 19.4. The van der Waals surface area contributed by atoms with E-state index in [-0.39, 0.29) is 17.7 Å². The summed E-state index contributed by atoms with van der Waals surface area (Å²) in [7, 11) is -3.31. The van der Waals surface area contributed by atoms with Gasteiger partial charge in [-0.1, -0.05) is 0 Å². The Balaban J connectivity index is 1.93. The number of morpholine rings is 1. The Morgan fingerprint density at radius 2 is 2.04 bits per heavy atom. The third kappa shape index (κ3) is 6.48. The average Bonchev–Trinajstić information content (AvgIpc) is 2.99. The number of hydrogen-bond donors (Lipinski definition) is 2. The van der Waals surface area contributed by atoms with E-state index in [0.717, 1.165) is 19.3 Å². The third-order valence-electron chi connectivity index (χ3n) is 3.78. The molecule has 2 N–H and O–H groups in total. The zero-order valence-electron chi connectivity index (χ0n) is 13.9. The van der Waals surface area contributed by atoms with Crippen LogP contribution in [0.2, 0.25) is 0 Å². The number of hydrogen-bond acceptors (Lipinski definition) is 7. The van der Waals surface area contributed by atoms with Crippen LogP contribution in [0.25, 0.3) is 0 Å². The zero-order valence-corrected chi connectivity index (χ0v) is 14.8. The summed E-state index contributed by atoms with van der Waals surface area (Å²) < 4.78 is 33.0. The second-order valence-electron chi connectivity index (χ2n) is 5.97. The molecule has 0 aliphatic carbocycles. The number of carboxylic acids is 1. The first-order chi connectivity index (χ1) is 11.7. The van der Waals surface area contributed by atoms with Gasteiger partial charge in [-0.3, -0.25) is 9.69 Å². The summed E-state index contributed by atoms with van der Waals surface area (Å²) in [5.74, 6) is -1.63. The predicted octanol–water partition coefficient (Wildman–Crippen LogP) is -0.270. The Hall–Kier alpha value is -1.91. The highest BCUT2D eigenvalue weighted by Gasteiger charge is 2.23. The van der Waals surface area contributed by atoms with Crippen LogP contribution in [0.5, 0.6) is 0 Å². The smallest absolute Gasteiger partial charge is 0.326 e. The summed E-state index contributed by atoms with van der Waals surface area (Å²) >= 11 is 0. The van der Waals surface area contributed by atoms with Crippen molar-refractivity contribution in [1.82, 2.24) is 10.2 Å². The van der Waals surface area contributed by atoms with Gasteiger partial charge in [0.1, 0.15) is 27.9 Å². The summed E-state index contributed by atoms with van der Waals surface area (Å²) in [6.07, 6.45) is 2.08. The second-order valence-corrected chi connectivity index (χ2v) is 8.23. The Bertz CT molecular complexity index is 707. The monoisotopic (exact) mass is 374 g/mol. The van der Waals surface area contributed by atoms with Crippen LogP contribution in [0.4, 0.5) is 0 Å². The highest BCUT2D eigenvalue weighted by atomic mass is 32.2. The molecule has 1 amide bonds. The predicted molar refractivity (Wildman–Crippen MR) is 88.0 cm³/mol. The Morgan fingerprint density at radius 3 is 2.64 bits per heavy atom. The molecule has 9 nitrogen and oxygen atoms in total. The van der Waals surface area contributed by atoms with Crippen molar-refractivity contribution >= 4 is 21.7 Å². The van der Waals surface area contributed by atoms with E-state index in [1.54, 1.807) is 6.07 Å². The number of amides is 1. The normalized spacial score (nSPS) is 17.2. The lowest BCUT2D eigenvalue weighted by Crippen LogP contribution is -2.41. The molecule has 2 heterocycles. The van der Waals surface area contributed by atoms with Crippen molar-refractivity contribution in [3.8, 4) is 0 Å². The molecular formula is C15H22N2O7S. The van der Waals surface area contributed by atoms with E-state index >= 15 is 0 Å². The molecule has 0 bridgehead atoms. The molecule has 1 aromatic heterocycles. The maximum atomic E-state index is 12.2. The van der Waals surface area contributed by atoms with Gasteiger partial charge in [-0.15, -0.1) is 0 Å². The van der Waals surface area contributed by atoms with Crippen molar-refractivity contribution in [2.24, 2.45) is 0 Å². The number of furan rings is 1. The van der Waals surface area contributed by atoms with E-state index in [0.29, 0.717) is 25.5 Å². The van der Waals surface area contributed by atoms with Crippen LogP contribution in [-0.2, 0) is 25.9 Å². The molecule has 2 rings (SSSR count). The topological polar surface area (TPSA) is 126 Å². The van der Waals surface area contributed by atoms with Crippen LogP contribution in [0, 0.1) is 0 Å². The van der Waals surface area contributed by atoms with Gasteiger partial charge in [-0.2, -0.15) is 0 Å². The van der Waals surface area contributed by atoms with Gasteiger partial charge >= 0.3 is 5.97 Å². The van der Waals surface area contributed by atoms with E-state index in [1.165, 1.54) is 6.26 Å². The van der Waals surface area contributed by atoms with E-state index in [1.807, 2.05) is 0 Å². The number of aliphatic carboxylic acids is 1. The molecule has 0 saturated carbocycles. The molecule has 10 heteroatoms. The van der Waals surface area contributed by atoms with Gasteiger partial charge in [0, 0.05) is 19.3 Å². The first-order valence-corrected chi connectivity index (χ1v) is 9.89. The van der Waals surface area contributed by atoms with Crippen molar-refractivity contribution < 1.29 is 32.3 Å². The largest absolute Gasteiger partial charge is 0.480 e. The van der Waals surface area contributed by atoms with Crippen LogP contribution in [-0.4, -0.2) is 74.7 Å². The third-order valence-corrected chi connectivity index (χ3v) is 4.76.